The van der Waals surface area contributed by atoms with Crippen LogP contribution in [0.3, 0.4) is 0 Å². The molecule has 1 aromatic rings. The Labute approximate surface area is 210 Å². The monoisotopic (exact) mass is 498 g/mol. The summed E-state index contributed by atoms with van der Waals surface area (Å²) in [6.07, 6.45) is 2.65. The first-order valence-electron chi connectivity index (χ1n) is 12.9. The van der Waals surface area contributed by atoms with Crippen LogP contribution in [0.5, 0.6) is 0 Å². The molecule has 0 radical (unpaired) electrons. The van der Waals surface area contributed by atoms with Gasteiger partial charge in [-0.2, -0.15) is 0 Å². The molecule has 0 aromatic carbocycles. The van der Waals surface area contributed by atoms with Gasteiger partial charge in [0.05, 0.1) is 17.9 Å². The van der Waals surface area contributed by atoms with Crippen LogP contribution in [-0.4, -0.2) is 41.3 Å². The molecule has 5 fully saturated rings. The summed E-state index contributed by atoms with van der Waals surface area (Å²) in [6, 6.07) is 1.79. The molecule has 9 atom stereocenters. The molecule has 2 saturated heterocycles. The van der Waals surface area contributed by atoms with Crippen molar-refractivity contribution in [2.24, 2.45) is 33.5 Å². The molecule has 3 saturated carbocycles. The minimum Gasteiger partial charge on any atom is -0.472 e. The van der Waals surface area contributed by atoms with Crippen molar-refractivity contribution < 1.29 is 37.8 Å². The van der Waals surface area contributed by atoms with Gasteiger partial charge in [-0.25, -0.2) is 4.79 Å². The molecule has 0 amide bonds. The van der Waals surface area contributed by atoms with Crippen LogP contribution < -0.4 is 0 Å². The summed E-state index contributed by atoms with van der Waals surface area (Å²) in [7, 11) is 0. The molecule has 0 unspecified atom stereocenters. The lowest BCUT2D eigenvalue weighted by molar-refractivity contribution is -0.226. The topological polar surface area (TPSA) is 112 Å². The van der Waals surface area contributed by atoms with E-state index in [4.69, 9.17) is 18.6 Å². The van der Waals surface area contributed by atoms with Crippen molar-refractivity contribution >= 4 is 23.5 Å². The summed E-state index contributed by atoms with van der Waals surface area (Å²) >= 11 is 0. The van der Waals surface area contributed by atoms with Gasteiger partial charge in [-0.1, -0.05) is 27.7 Å². The van der Waals surface area contributed by atoms with Gasteiger partial charge in [0.15, 0.2) is 6.10 Å². The molecule has 194 valence electrons. The standard InChI is InChI=1S/C28H34O8/c1-14(29)34-20-12-18(30)26(5)16-7-9-25(4)21(15-8-10-33-13-15)35-23(32)22-28(25,36-22)27(16,6)19(31)11-17(26)24(20,2)3/h8,10,13,16-17,20-22H,7,9,11-12H2,1-6H3/t16-,17-,20+,21+,22+,25-,26+,27+,28-/m1/s1. The van der Waals surface area contributed by atoms with Crippen LogP contribution in [0, 0.1) is 33.5 Å². The van der Waals surface area contributed by atoms with Gasteiger partial charge in [0.2, 0.25) is 0 Å². The first-order chi connectivity index (χ1) is 16.8. The quantitative estimate of drug-likeness (QED) is 0.445. The maximum atomic E-state index is 14.3. The highest BCUT2D eigenvalue weighted by atomic mass is 16.7. The highest BCUT2D eigenvalue weighted by Gasteiger charge is 2.88. The van der Waals surface area contributed by atoms with Crippen molar-refractivity contribution in [2.75, 3.05) is 0 Å². The van der Waals surface area contributed by atoms with Gasteiger partial charge >= 0.3 is 11.9 Å². The number of fused-ring (bicyclic) bond motifs is 3. The smallest absolute Gasteiger partial charge is 0.339 e. The van der Waals surface area contributed by atoms with Crippen molar-refractivity contribution in [2.45, 2.75) is 91.1 Å². The molecule has 0 bridgehead atoms. The third-order valence-electron chi connectivity index (χ3n) is 11.2. The molecule has 3 heterocycles. The van der Waals surface area contributed by atoms with Gasteiger partial charge in [-0.05, 0) is 37.7 Å². The zero-order valence-corrected chi connectivity index (χ0v) is 21.7. The van der Waals surface area contributed by atoms with Crippen molar-refractivity contribution in [1.82, 2.24) is 0 Å². The highest BCUT2D eigenvalue weighted by Crippen LogP contribution is 2.79. The van der Waals surface area contributed by atoms with Crippen LogP contribution in [0.15, 0.2) is 23.0 Å². The van der Waals surface area contributed by atoms with E-state index in [1.54, 1.807) is 18.6 Å². The van der Waals surface area contributed by atoms with Gasteiger partial charge in [-0.3, -0.25) is 14.4 Å². The van der Waals surface area contributed by atoms with E-state index in [-0.39, 0.29) is 36.2 Å². The SMILES string of the molecule is CC(=O)O[C@H]1CC(=O)[C@]2(C)[C@H](CC(=O)[C@]3(C)[C@@H]2CC[C@]2(C)[C@H](c4ccoc4)OC(=O)[C@@H]4O[C@]423)C1(C)C. The van der Waals surface area contributed by atoms with Gasteiger partial charge in [0, 0.05) is 41.6 Å². The number of esters is 2. The van der Waals surface area contributed by atoms with E-state index in [1.807, 2.05) is 34.6 Å². The summed E-state index contributed by atoms with van der Waals surface area (Å²) in [4.78, 5) is 53.2. The van der Waals surface area contributed by atoms with E-state index in [9.17, 15) is 19.2 Å². The predicted molar refractivity (Wildman–Crippen MR) is 124 cm³/mol. The number of hydrogen-bond acceptors (Lipinski definition) is 8. The normalized spacial score (nSPS) is 48.6. The lowest BCUT2D eigenvalue weighted by Crippen LogP contribution is -2.73. The van der Waals surface area contributed by atoms with Crippen molar-refractivity contribution in [3.8, 4) is 0 Å². The number of carbonyl (C=O) groups excluding carboxylic acids is 4. The largest absolute Gasteiger partial charge is 0.472 e. The van der Waals surface area contributed by atoms with Crippen LogP contribution in [0.25, 0.3) is 0 Å². The Hall–Kier alpha value is -2.48. The summed E-state index contributed by atoms with van der Waals surface area (Å²) in [5, 5.41) is 0. The average molecular weight is 499 g/mol. The fraction of sp³-hybridized carbons (Fsp3) is 0.714. The third kappa shape index (κ3) is 2.45. The zero-order valence-electron chi connectivity index (χ0n) is 21.7. The van der Waals surface area contributed by atoms with Crippen molar-refractivity contribution in [1.29, 1.82) is 0 Å². The Morgan fingerprint density at radius 2 is 1.72 bits per heavy atom. The number of ether oxygens (including phenoxy) is 3. The first-order valence-corrected chi connectivity index (χ1v) is 12.9. The molecule has 2 aliphatic heterocycles. The molecule has 3 aliphatic carbocycles. The van der Waals surface area contributed by atoms with Gasteiger partial charge in [0.1, 0.15) is 29.4 Å². The summed E-state index contributed by atoms with van der Waals surface area (Å²) in [5.41, 5.74) is -3.40. The lowest BCUT2D eigenvalue weighted by atomic mass is 9.35. The number of Topliss-reactive ketones (excluding diaryl/α,β-unsaturated/α-hetero) is 2. The minimum absolute atomic E-state index is 0.00777. The van der Waals surface area contributed by atoms with Crippen LogP contribution in [0.4, 0.5) is 0 Å². The minimum atomic E-state index is -1.05. The number of ketones is 2. The van der Waals surface area contributed by atoms with Crippen molar-refractivity contribution in [3.63, 3.8) is 0 Å². The fourth-order valence-electron chi connectivity index (χ4n) is 9.31. The zero-order chi connectivity index (χ0) is 26.1. The number of cyclic esters (lactones) is 1. The van der Waals surface area contributed by atoms with E-state index in [1.165, 1.54) is 6.92 Å². The van der Waals surface area contributed by atoms with Crippen LogP contribution >= 0.6 is 0 Å². The number of rotatable bonds is 2. The molecule has 1 aromatic heterocycles. The summed E-state index contributed by atoms with van der Waals surface area (Å²) < 4.78 is 23.1. The Morgan fingerprint density at radius 3 is 2.36 bits per heavy atom. The second-order valence-electron chi connectivity index (χ2n) is 12.8. The van der Waals surface area contributed by atoms with E-state index in [2.05, 4.69) is 0 Å². The summed E-state index contributed by atoms with van der Waals surface area (Å²) in [5.74, 6) is -1.47. The Morgan fingerprint density at radius 1 is 1.00 bits per heavy atom. The molecule has 8 nitrogen and oxygen atoms in total. The Kier molecular flexibility index (Phi) is 4.57. The Bertz CT molecular complexity index is 1180. The van der Waals surface area contributed by atoms with Crippen molar-refractivity contribution in [3.05, 3.63) is 24.2 Å². The van der Waals surface area contributed by atoms with E-state index >= 15 is 0 Å². The molecular formula is C28H34O8. The molecule has 36 heavy (non-hydrogen) atoms. The average Bonchev–Trinajstić information content (AvgIpc) is 3.36. The number of furan rings is 1. The lowest BCUT2D eigenvalue weighted by Gasteiger charge is -2.67. The molecular weight excluding hydrogens is 464 g/mol. The second kappa shape index (κ2) is 6.88. The predicted octanol–water partition coefficient (Wildman–Crippen LogP) is 3.96. The van der Waals surface area contributed by atoms with E-state index in [0.717, 1.165) is 5.56 Å². The van der Waals surface area contributed by atoms with E-state index < -0.39 is 57.5 Å². The van der Waals surface area contributed by atoms with E-state index in [0.29, 0.717) is 12.8 Å². The van der Waals surface area contributed by atoms with Gasteiger partial charge < -0.3 is 18.6 Å². The maximum Gasteiger partial charge on any atom is 0.339 e. The maximum absolute atomic E-state index is 14.3. The Balaban J connectivity index is 1.48. The molecule has 1 spiro atoms. The second-order valence-corrected chi connectivity index (χ2v) is 12.8. The molecule has 0 N–H and O–H groups in total. The number of carbonyl (C=O) groups is 4. The first kappa shape index (κ1) is 23.9. The number of epoxide rings is 1. The molecule has 5 aliphatic rings. The van der Waals surface area contributed by atoms with Crippen LogP contribution in [0.1, 0.15) is 78.9 Å². The summed E-state index contributed by atoms with van der Waals surface area (Å²) in [6.45, 7) is 11.3. The van der Waals surface area contributed by atoms with Gasteiger partial charge in [-0.15, -0.1) is 0 Å². The van der Waals surface area contributed by atoms with Crippen LogP contribution in [0.2, 0.25) is 0 Å². The molecule has 8 heteroatoms. The number of hydrogen-bond donors (Lipinski definition) is 0. The highest BCUT2D eigenvalue weighted by molar-refractivity contribution is 5.97. The van der Waals surface area contributed by atoms with Gasteiger partial charge in [0.25, 0.3) is 0 Å². The third-order valence-corrected chi connectivity index (χ3v) is 11.2. The molecule has 6 rings (SSSR count). The fourth-order valence-corrected chi connectivity index (χ4v) is 9.31. The van der Waals surface area contributed by atoms with Crippen LogP contribution in [-0.2, 0) is 33.4 Å².